The molecule has 1 atom stereocenters. The molecule has 1 unspecified atom stereocenters. The number of hydrogen-bond acceptors (Lipinski definition) is 4. The molecule has 1 aromatic heterocycles. The van der Waals surface area contributed by atoms with Crippen molar-refractivity contribution in [2.75, 3.05) is 12.3 Å². The van der Waals surface area contributed by atoms with Crippen LogP contribution in [0.4, 0.5) is 5.82 Å². The second-order valence-electron chi connectivity index (χ2n) is 3.52. The zero-order chi connectivity index (χ0) is 11.3. The summed E-state index contributed by atoms with van der Waals surface area (Å²) in [5.41, 5.74) is 6.13. The monoisotopic (exact) mass is 207 g/mol. The van der Waals surface area contributed by atoms with E-state index in [0.717, 1.165) is 6.54 Å². The highest BCUT2D eigenvalue weighted by Crippen LogP contribution is 2.10. The van der Waals surface area contributed by atoms with Crippen molar-refractivity contribution >= 4 is 11.6 Å². The zero-order valence-corrected chi connectivity index (χ0v) is 9.16. The number of rotatable bonds is 5. The molecule has 3 N–H and O–H groups in total. The molecule has 0 aliphatic carbocycles. The van der Waals surface area contributed by atoms with Gasteiger partial charge in [0.1, 0.15) is 5.82 Å². The van der Waals surface area contributed by atoms with E-state index in [9.17, 15) is 4.79 Å². The van der Waals surface area contributed by atoms with Crippen LogP contribution in [0.2, 0.25) is 0 Å². The van der Waals surface area contributed by atoms with Gasteiger partial charge >= 0.3 is 0 Å². The molecule has 4 nitrogen and oxygen atoms in total. The summed E-state index contributed by atoms with van der Waals surface area (Å²) in [5.74, 6) is 0.347. The van der Waals surface area contributed by atoms with E-state index in [1.54, 1.807) is 18.3 Å². The van der Waals surface area contributed by atoms with Crippen LogP contribution in [0.5, 0.6) is 0 Å². The number of nitrogens with one attached hydrogen (secondary N) is 1. The number of nitrogen functional groups attached to an aromatic ring is 1. The van der Waals surface area contributed by atoms with Crippen molar-refractivity contribution < 1.29 is 4.79 Å². The van der Waals surface area contributed by atoms with Gasteiger partial charge in [-0.2, -0.15) is 0 Å². The van der Waals surface area contributed by atoms with E-state index >= 15 is 0 Å². The van der Waals surface area contributed by atoms with Crippen molar-refractivity contribution in [3.63, 3.8) is 0 Å². The molecule has 4 heteroatoms. The Labute approximate surface area is 89.9 Å². The molecule has 0 aliphatic heterocycles. The first-order valence-corrected chi connectivity index (χ1v) is 5.12. The predicted molar refractivity (Wildman–Crippen MR) is 60.7 cm³/mol. The topological polar surface area (TPSA) is 68.0 Å². The average Bonchev–Trinajstić information content (AvgIpc) is 2.18. The van der Waals surface area contributed by atoms with E-state index in [2.05, 4.69) is 10.3 Å². The third-order valence-corrected chi connectivity index (χ3v) is 2.18. The average molecular weight is 207 g/mol. The van der Waals surface area contributed by atoms with E-state index in [4.69, 9.17) is 5.73 Å². The SMILES string of the molecule is CCNC(C)CC(=O)c1cccnc1N. The maximum absolute atomic E-state index is 11.8. The quantitative estimate of drug-likeness (QED) is 0.713. The normalized spacial score (nSPS) is 12.4. The standard InChI is InChI=1S/C11H17N3O/c1-3-13-8(2)7-10(15)9-5-4-6-14-11(9)12/h4-6,8,13H,3,7H2,1-2H3,(H2,12,14). The molecule has 0 saturated heterocycles. The van der Waals surface area contributed by atoms with Gasteiger partial charge in [0, 0.05) is 18.7 Å². The van der Waals surface area contributed by atoms with Gasteiger partial charge in [0.05, 0.1) is 5.56 Å². The molecule has 1 aromatic rings. The molecule has 0 spiro atoms. The highest BCUT2D eigenvalue weighted by atomic mass is 16.1. The van der Waals surface area contributed by atoms with Crippen molar-refractivity contribution in [3.8, 4) is 0 Å². The van der Waals surface area contributed by atoms with Gasteiger partial charge in [-0.3, -0.25) is 4.79 Å². The van der Waals surface area contributed by atoms with Crippen LogP contribution >= 0.6 is 0 Å². The zero-order valence-electron chi connectivity index (χ0n) is 9.16. The number of anilines is 1. The van der Waals surface area contributed by atoms with Crippen molar-refractivity contribution in [1.29, 1.82) is 0 Å². The van der Waals surface area contributed by atoms with Crippen LogP contribution in [-0.2, 0) is 0 Å². The van der Waals surface area contributed by atoms with Crippen molar-refractivity contribution in [2.45, 2.75) is 26.3 Å². The van der Waals surface area contributed by atoms with Crippen LogP contribution in [0.3, 0.4) is 0 Å². The van der Waals surface area contributed by atoms with Crippen molar-refractivity contribution in [1.82, 2.24) is 10.3 Å². The minimum absolute atomic E-state index is 0.0362. The summed E-state index contributed by atoms with van der Waals surface area (Å²) < 4.78 is 0. The molecule has 0 fully saturated rings. The van der Waals surface area contributed by atoms with Crippen LogP contribution in [0.1, 0.15) is 30.6 Å². The minimum Gasteiger partial charge on any atom is -0.383 e. The predicted octanol–water partition coefficient (Wildman–Crippen LogP) is 1.23. The summed E-state index contributed by atoms with van der Waals surface area (Å²) in [6.07, 6.45) is 2.03. The largest absolute Gasteiger partial charge is 0.383 e. The van der Waals surface area contributed by atoms with Crippen LogP contribution < -0.4 is 11.1 Å². The fraction of sp³-hybridized carbons (Fsp3) is 0.455. The first-order chi connectivity index (χ1) is 7.15. The van der Waals surface area contributed by atoms with E-state index in [1.807, 2.05) is 13.8 Å². The Balaban J connectivity index is 2.65. The summed E-state index contributed by atoms with van der Waals surface area (Å²) in [4.78, 5) is 15.7. The summed E-state index contributed by atoms with van der Waals surface area (Å²) in [5, 5.41) is 3.18. The van der Waals surface area contributed by atoms with E-state index < -0.39 is 0 Å². The summed E-state index contributed by atoms with van der Waals surface area (Å²) in [6, 6.07) is 3.60. The van der Waals surface area contributed by atoms with E-state index in [-0.39, 0.29) is 11.8 Å². The Morgan fingerprint density at radius 2 is 2.40 bits per heavy atom. The Kier molecular flexibility index (Phi) is 4.24. The van der Waals surface area contributed by atoms with Crippen LogP contribution in [-0.4, -0.2) is 23.4 Å². The smallest absolute Gasteiger partial charge is 0.168 e. The molecule has 0 radical (unpaired) electrons. The lowest BCUT2D eigenvalue weighted by Crippen LogP contribution is -2.28. The molecule has 0 aromatic carbocycles. The molecule has 15 heavy (non-hydrogen) atoms. The Morgan fingerprint density at radius 3 is 3.00 bits per heavy atom. The van der Waals surface area contributed by atoms with Crippen LogP contribution in [0, 0.1) is 0 Å². The number of carbonyl (C=O) groups excluding carboxylic acids is 1. The lowest BCUT2D eigenvalue weighted by atomic mass is 10.1. The minimum atomic E-state index is 0.0362. The van der Waals surface area contributed by atoms with Gasteiger partial charge < -0.3 is 11.1 Å². The Hall–Kier alpha value is -1.42. The lowest BCUT2D eigenvalue weighted by Gasteiger charge is -2.11. The number of ketones is 1. The third kappa shape index (κ3) is 3.32. The first kappa shape index (κ1) is 11.7. The first-order valence-electron chi connectivity index (χ1n) is 5.12. The maximum atomic E-state index is 11.8. The molecular weight excluding hydrogens is 190 g/mol. The van der Waals surface area contributed by atoms with Crippen molar-refractivity contribution in [2.24, 2.45) is 0 Å². The molecule has 0 amide bonds. The summed E-state index contributed by atoms with van der Waals surface area (Å²) in [7, 11) is 0. The number of pyridine rings is 1. The fourth-order valence-electron chi connectivity index (χ4n) is 1.46. The van der Waals surface area contributed by atoms with Gasteiger partial charge in [-0.15, -0.1) is 0 Å². The van der Waals surface area contributed by atoms with Crippen LogP contribution in [0.25, 0.3) is 0 Å². The number of nitrogens with two attached hydrogens (primary N) is 1. The van der Waals surface area contributed by atoms with Gasteiger partial charge in [-0.25, -0.2) is 4.98 Å². The summed E-state index contributed by atoms with van der Waals surface area (Å²) >= 11 is 0. The number of nitrogens with zero attached hydrogens (tertiary/aromatic N) is 1. The van der Waals surface area contributed by atoms with Gasteiger partial charge in [0.15, 0.2) is 5.78 Å². The van der Waals surface area contributed by atoms with E-state index in [1.165, 1.54) is 0 Å². The molecule has 0 aliphatic rings. The summed E-state index contributed by atoms with van der Waals surface area (Å²) in [6.45, 7) is 4.85. The van der Waals surface area contributed by atoms with Gasteiger partial charge in [0.25, 0.3) is 0 Å². The molecular formula is C11H17N3O. The van der Waals surface area contributed by atoms with Gasteiger partial charge in [0.2, 0.25) is 0 Å². The fourth-order valence-corrected chi connectivity index (χ4v) is 1.46. The molecule has 0 saturated carbocycles. The highest BCUT2D eigenvalue weighted by Gasteiger charge is 2.13. The molecule has 1 rings (SSSR count). The molecule has 82 valence electrons. The number of Topliss-reactive ketones (excluding diaryl/α,β-unsaturated/α-hetero) is 1. The number of aromatic nitrogens is 1. The third-order valence-electron chi connectivity index (χ3n) is 2.18. The van der Waals surface area contributed by atoms with E-state index in [0.29, 0.717) is 17.8 Å². The van der Waals surface area contributed by atoms with Crippen LogP contribution in [0.15, 0.2) is 18.3 Å². The number of hydrogen-bond donors (Lipinski definition) is 2. The Bertz CT molecular complexity index is 338. The highest BCUT2D eigenvalue weighted by molar-refractivity contribution is 6.00. The lowest BCUT2D eigenvalue weighted by molar-refractivity contribution is 0.0972. The number of carbonyl (C=O) groups is 1. The molecule has 1 heterocycles. The molecule has 0 bridgehead atoms. The maximum Gasteiger partial charge on any atom is 0.168 e. The van der Waals surface area contributed by atoms with Gasteiger partial charge in [-0.1, -0.05) is 6.92 Å². The Morgan fingerprint density at radius 1 is 1.67 bits per heavy atom. The second kappa shape index (κ2) is 5.46. The second-order valence-corrected chi connectivity index (χ2v) is 3.52. The van der Waals surface area contributed by atoms with Crippen molar-refractivity contribution in [3.05, 3.63) is 23.9 Å². The van der Waals surface area contributed by atoms with Gasteiger partial charge in [-0.05, 0) is 25.6 Å².